The zero-order valence-corrected chi connectivity index (χ0v) is 33.5. The molecule has 2 saturated carbocycles. The van der Waals surface area contributed by atoms with Crippen LogP contribution in [0.2, 0.25) is 0 Å². The Kier molecular flexibility index (Phi) is 9.85. The van der Waals surface area contributed by atoms with E-state index >= 15 is 0 Å². The molecule has 0 unspecified atom stereocenters. The number of fused-ring (bicyclic) bond motifs is 1. The molecule has 1 spiro atoms. The molecule has 56 heavy (non-hydrogen) atoms. The van der Waals surface area contributed by atoms with Crippen LogP contribution in [0.15, 0.2) is 42.5 Å². The normalized spacial score (nSPS) is 33.8. The van der Waals surface area contributed by atoms with Crippen LogP contribution >= 0.6 is 0 Å². The molecular weight excluding hydrogens is 701 g/mol. The van der Waals surface area contributed by atoms with E-state index in [1.54, 1.807) is 0 Å². The van der Waals surface area contributed by atoms with Crippen molar-refractivity contribution in [3.63, 3.8) is 0 Å². The Morgan fingerprint density at radius 1 is 0.821 bits per heavy atom. The Hall–Kier alpha value is -3.20. The minimum absolute atomic E-state index is 0.125. The Morgan fingerprint density at radius 3 is 2.39 bits per heavy atom. The lowest BCUT2D eigenvalue weighted by molar-refractivity contribution is -0.135. The number of aliphatic hydroxyl groups is 1. The highest BCUT2D eigenvalue weighted by molar-refractivity contribution is 5.75. The Bertz CT molecular complexity index is 1870. The molecule has 8 nitrogen and oxygen atoms in total. The van der Waals surface area contributed by atoms with E-state index in [0.717, 1.165) is 81.9 Å². The first-order valence-electron chi connectivity index (χ1n) is 22.5. The number of likely N-dealkylation sites (N-methyl/N-ethyl adjacent to an activating group) is 1. The molecule has 3 heterocycles. The number of nitrogens with zero attached hydrogens (tertiary/aromatic N) is 2. The second-order valence-electron chi connectivity index (χ2n) is 19.1. The van der Waals surface area contributed by atoms with Crippen molar-refractivity contribution >= 4 is 11.9 Å². The fraction of sp³-hybridized carbons (Fsp3) is 0.667. The maximum atomic E-state index is 13.0. The van der Waals surface area contributed by atoms with E-state index in [1.807, 2.05) is 18.2 Å². The van der Waals surface area contributed by atoms with Crippen molar-refractivity contribution < 1.29 is 28.9 Å². The Labute approximate surface area is 333 Å². The average Bonchev–Trinajstić information content (AvgIpc) is 3.54. The summed E-state index contributed by atoms with van der Waals surface area (Å²) in [5.41, 5.74) is 5.42. The van der Waals surface area contributed by atoms with E-state index in [2.05, 4.69) is 41.1 Å². The highest BCUT2D eigenvalue weighted by Crippen LogP contribution is 2.63. The third-order valence-corrected chi connectivity index (χ3v) is 16.2. The molecule has 2 aromatic carbocycles. The van der Waals surface area contributed by atoms with Gasteiger partial charge in [-0.1, -0.05) is 69.2 Å². The third kappa shape index (κ3) is 6.18. The van der Waals surface area contributed by atoms with Crippen molar-refractivity contribution in [2.45, 2.75) is 157 Å². The Balaban J connectivity index is 0.668. The van der Waals surface area contributed by atoms with Crippen LogP contribution in [-0.2, 0) is 33.3 Å². The van der Waals surface area contributed by atoms with Crippen molar-refractivity contribution in [2.75, 3.05) is 26.7 Å². The maximum absolute atomic E-state index is 13.0. The van der Waals surface area contributed by atoms with Crippen molar-refractivity contribution in [3.05, 3.63) is 64.7 Å². The van der Waals surface area contributed by atoms with Gasteiger partial charge in [-0.15, -0.1) is 0 Å². The van der Waals surface area contributed by atoms with E-state index in [9.17, 15) is 14.7 Å². The van der Waals surface area contributed by atoms with Gasteiger partial charge in [0.05, 0.1) is 0 Å². The van der Waals surface area contributed by atoms with Crippen LogP contribution in [0.1, 0.15) is 131 Å². The monoisotopic (exact) mass is 762 g/mol. The molecule has 0 aromatic heterocycles. The number of hydrogen-bond donors (Lipinski definition) is 1. The minimum Gasteiger partial charge on any atom is -0.482 e. The van der Waals surface area contributed by atoms with Gasteiger partial charge in [0.1, 0.15) is 18.0 Å². The number of piperidine rings is 2. The quantitative estimate of drug-likeness (QED) is 0.0952. The van der Waals surface area contributed by atoms with Gasteiger partial charge in [0.15, 0.2) is 11.5 Å². The molecule has 10 rings (SSSR count). The first kappa shape index (κ1) is 37.1. The van der Waals surface area contributed by atoms with Crippen molar-refractivity contribution in [1.29, 1.82) is 0 Å². The van der Waals surface area contributed by atoms with Gasteiger partial charge in [-0.3, -0.25) is 14.5 Å². The molecule has 3 aliphatic heterocycles. The molecule has 2 saturated heterocycles. The lowest BCUT2D eigenvalue weighted by atomic mass is 9.52. The molecular formula is C48H62N2O6. The topological polar surface area (TPSA) is 88.5 Å². The highest BCUT2D eigenvalue weighted by atomic mass is 16.6. The summed E-state index contributed by atoms with van der Waals surface area (Å²) in [6.45, 7) is 3.49. The summed E-state index contributed by atoms with van der Waals surface area (Å²) in [5, 5.41) is 11.0. The van der Waals surface area contributed by atoms with Crippen LogP contribution in [0.25, 0.3) is 0 Å². The molecule has 300 valence electrons. The van der Waals surface area contributed by atoms with E-state index < -0.39 is 6.10 Å². The SMILES string of the molecule is CN1CC[C@]23c4c5ccc(OC(=O)CCCCCCCCC(=O)Oc6ccc7c(c6)[C@@]68CCCC[C@H]6[C@H](C7)N(CC6CCC6)CC8)c4O[C@H]2[C@@H](O)C=C[C@H]3[C@H]1C5. The maximum Gasteiger partial charge on any atom is 0.311 e. The number of hydrogen-bond acceptors (Lipinski definition) is 8. The molecule has 8 heteroatoms. The summed E-state index contributed by atoms with van der Waals surface area (Å²) in [5.74, 6) is 3.48. The number of rotatable bonds is 13. The molecule has 0 radical (unpaired) electrons. The predicted molar refractivity (Wildman–Crippen MR) is 215 cm³/mol. The summed E-state index contributed by atoms with van der Waals surface area (Å²) in [7, 11) is 2.20. The summed E-state index contributed by atoms with van der Waals surface area (Å²) < 4.78 is 18.5. The number of benzene rings is 2. The number of carbonyl (C=O) groups excluding carboxylic acids is 2. The molecule has 4 fully saturated rings. The largest absolute Gasteiger partial charge is 0.482 e. The van der Waals surface area contributed by atoms with Crippen LogP contribution in [0.5, 0.6) is 17.2 Å². The van der Waals surface area contributed by atoms with Gasteiger partial charge < -0.3 is 24.2 Å². The van der Waals surface area contributed by atoms with Crippen molar-refractivity contribution in [1.82, 2.24) is 9.80 Å². The summed E-state index contributed by atoms with van der Waals surface area (Å²) in [6.07, 6.45) is 23.3. The van der Waals surface area contributed by atoms with E-state index in [1.165, 1.54) is 86.7 Å². The number of aliphatic hydroxyl groups excluding tert-OH is 1. The van der Waals surface area contributed by atoms with Crippen LogP contribution in [0.3, 0.4) is 0 Å². The van der Waals surface area contributed by atoms with Crippen LogP contribution < -0.4 is 14.2 Å². The fourth-order valence-electron chi connectivity index (χ4n) is 13.3. The van der Waals surface area contributed by atoms with Gasteiger partial charge in [0.2, 0.25) is 0 Å². The zero-order chi connectivity index (χ0) is 38.0. The lowest BCUT2D eigenvalue weighted by Gasteiger charge is -2.59. The second kappa shape index (κ2) is 14.9. The Morgan fingerprint density at radius 2 is 1.59 bits per heavy atom. The van der Waals surface area contributed by atoms with Gasteiger partial charge in [-0.2, -0.15) is 0 Å². The highest BCUT2D eigenvalue weighted by Gasteiger charge is 2.64. The predicted octanol–water partition coefficient (Wildman–Crippen LogP) is 7.98. The molecule has 2 aromatic rings. The zero-order valence-electron chi connectivity index (χ0n) is 33.5. The van der Waals surface area contributed by atoms with Crippen LogP contribution in [0, 0.1) is 17.8 Å². The lowest BCUT2D eigenvalue weighted by Crippen LogP contribution is -2.64. The molecule has 0 amide bonds. The van der Waals surface area contributed by atoms with Gasteiger partial charge in [-0.25, -0.2) is 0 Å². The van der Waals surface area contributed by atoms with Crippen molar-refractivity contribution in [3.8, 4) is 17.2 Å². The first-order chi connectivity index (χ1) is 27.3. The molecule has 5 aliphatic carbocycles. The number of carbonyl (C=O) groups is 2. The molecule has 4 bridgehead atoms. The van der Waals surface area contributed by atoms with Gasteiger partial charge >= 0.3 is 11.9 Å². The van der Waals surface area contributed by atoms with Crippen molar-refractivity contribution in [2.24, 2.45) is 17.8 Å². The summed E-state index contributed by atoms with van der Waals surface area (Å²) in [4.78, 5) is 31.3. The van der Waals surface area contributed by atoms with Crippen LogP contribution in [0.4, 0.5) is 0 Å². The first-order valence-corrected chi connectivity index (χ1v) is 22.5. The van der Waals surface area contributed by atoms with Crippen LogP contribution in [-0.4, -0.2) is 77.8 Å². The standard InChI is InChI=1S/C48H62N2O6/c1-49-25-24-48-36-19-20-40(51)46(48)56-45-41(21-17-33(44(45)48)28-38(36)49)55-43(53)15-7-5-3-2-4-6-14-42(52)54-34-18-16-32-27-39-35-13-8-9-22-47(35,37(32)29-34)23-26-50(39)30-31-11-10-12-31/h16-21,29,31,35-36,38-40,46,51H,2-15,22-28,30H2,1H3/t35-,36-,38+,39-,40-,46-,47+,48-/m0/s1. The number of ether oxygens (including phenoxy) is 3. The van der Waals surface area contributed by atoms with Gasteiger partial charge in [0.25, 0.3) is 0 Å². The number of likely N-dealkylation sites (tertiary alicyclic amines) is 2. The molecule has 8 aliphatic rings. The van der Waals surface area contributed by atoms with Gasteiger partial charge in [0, 0.05) is 53.8 Å². The van der Waals surface area contributed by atoms with E-state index in [0.29, 0.717) is 36.4 Å². The smallest absolute Gasteiger partial charge is 0.311 e. The average molecular weight is 763 g/mol. The number of esters is 2. The number of unbranched alkanes of at least 4 members (excludes halogenated alkanes) is 5. The second-order valence-corrected chi connectivity index (χ2v) is 19.1. The summed E-state index contributed by atoms with van der Waals surface area (Å²) in [6, 6.07) is 11.7. The fourth-order valence-corrected chi connectivity index (χ4v) is 13.3. The minimum atomic E-state index is -0.672. The molecule has 8 atom stereocenters. The van der Waals surface area contributed by atoms with Gasteiger partial charge in [-0.05, 0) is 131 Å². The van der Waals surface area contributed by atoms with E-state index in [-0.39, 0.29) is 34.8 Å². The third-order valence-electron chi connectivity index (χ3n) is 16.2. The van der Waals surface area contributed by atoms with E-state index in [4.69, 9.17) is 14.2 Å². The molecule has 1 N–H and O–H groups in total. The summed E-state index contributed by atoms with van der Waals surface area (Å²) >= 11 is 0.